The van der Waals surface area contributed by atoms with E-state index in [9.17, 15) is 18.8 Å². The molecule has 1 N–H and O–H groups in total. The molecule has 30 heavy (non-hydrogen) atoms. The van der Waals surface area contributed by atoms with Crippen molar-refractivity contribution in [3.05, 3.63) is 91.5 Å². The maximum absolute atomic E-state index is 13.2. The van der Waals surface area contributed by atoms with Crippen molar-refractivity contribution >= 4 is 17.5 Å². The third-order valence-electron chi connectivity index (χ3n) is 4.59. The quantitative estimate of drug-likeness (QED) is 0.651. The van der Waals surface area contributed by atoms with Crippen molar-refractivity contribution in [3.8, 4) is 5.69 Å². The van der Waals surface area contributed by atoms with Gasteiger partial charge in [-0.25, -0.2) is 9.18 Å². The zero-order chi connectivity index (χ0) is 21.8. The molecule has 1 amide bonds. The van der Waals surface area contributed by atoms with Crippen LogP contribution in [0.25, 0.3) is 5.69 Å². The number of benzene rings is 2. The second-order valence-electron chi connectivity index (χ2n) is 6.82. The predicted octanol–water partition coefficient (Wildman–Crippen LogP) is 2.76. The Kier molecular flexibility index (Phi) is 6.47. The number of hydrogen-bond acceptors (Lipinski definition) is 4. The number of nitrogens with zero attached hydrogens (tertiary/aromatic N) is 3. The molecule has 9 heteroatoms. The van der Waals surface area contributed by atoms with Gasteiger partial charge in [0, 0.05) is 11.1 Å². The van der Waals surface area contributed by atoms with E-state index in [-0.39, 0.29) is 12.6 Å². The maximum atomic E-state index is 13.2. The van der Waals surface area contributed by atoms with Gasteiger partial charge in [0.05, 0.1) is 12.2 Å². The Bertz CT molecular complexity index is 1170. The van der Waals surface area contributed by atoms with Crippen molar-refractivity contribution in [2.24, 2.45) is 0 Å². The summed E-state index contributed by atoms with van der Waals surface area (Å²) in [6, 6.07) is 11.5. The van der Waals surface area contributed by atoms with Crippen molar-refractivity contribution in [3.63, 3.8) is 0 Å². The summed E-state index contributed by atoms with van der Waals surface area (Å²) in [4.78, 5) is 38.6. The van der Waals surface area contributed by atoms with E-state index in [1.807, 2.05) is 6.92 Å². The molecular formula is C21H20ClFN4O3. The van der Waals surface area contributed by atoms with Gasteiger partial charge in [0.2, 0.25) is 5.69 Å². The molecule has 0 saturated heterocycles. The molecule has 2 aromatic carbocycles. The van der Waals surface area contributed by atoms with Gasteiger partial charge in [-0.05, 0) is 55.3 Å². The minimum absolute atomic E-state index is 0.141. The zero-order valence-electron chi connectivity index (χ0n) is 16.4. The first-order chi connectivity index (χ1) is 14.3. The molecule has 0 aliphatic carbocycles. The summed E-state index contributed by atoms with van der Waals surface area (Å²) >= 11 is 5.91. The molecule has 0 bridgehead atoms. The lowest BCUT2D eigenvalue weighted by atomic mass is 10.2. The first-order valence-electron chi connectivity index (χ1n) is 9.35. The normalized spacial score (nSPS) is 11.9. The highest BCUT2D eigenvalue weighted by Gasteiger charge is 2.21. The minimum Gasteiger partial charge on any atom is -0.348 e. The Hall–Kier alpha value is -3.26. The van der Waals surface area contributed by atoms with Crippen molar-refractivity contribution in [1.29, 1.82) is 0 Å². The Morgan fingerprint density at radius 2 is 1.77 bits per heavy atom. The highest BCUT2D eigenvalue weighted by atomic mass is 35.5. The predicted molar refractivity (Wildman–Crippen MR) is 112 cm³/mol. The monoisotopic (exact) mass is 430 g/mol. The number of aromatic nitrogens is 3. The topological polar surface area (TPSA) is 86.0 Å². The molecule has 1 atom stereocenters. The van der Waals surface area contributed by atoms with E-state index in [0.717, 1.165) is 9.25 Å². The van der Waals surface area contributed by atoms with Crippen LogP contribution in [0.5, 0.6) is 0 Å². The van der Waals surface area contributed by atoms with Crippen LogP contribution in [0.2, 0.25) is 5.02 Å². The van der Waals surface area contributed by atoms with Crippen molar-refractivity contribution < 1.29 is 9.18 Å². The number of rotatable bonds is 6. The summed E-state index contributed by atoms with van der Waals surface area (Å²) < 4.78 is 15.1. The molecule has 0 spiro atoms. The summed E-state index contributed by atoms with van der Waals surface area (Å²) in [5, 5.41) is 7.18. The van der Waals surface area contributed by atoms with Crippen LogP contribution >= 0.6 is 11.6 Å². The molecule has 0 unspecified atom stereocenters. The van der Waals surface area contributed by atoms with Crippen molar-refractivity contribution in [2.45, 2.75) is 32.9 Å². The lowest BCUT2D eigenvalue weighted by Crippen LogP contribution is -2.47. The van der Waals surface area contributed by atoms with E-state index in [1.165, 1.54) is 24.3 Å². The Morgan fingerprint density at radius 1 is 1.13 bits per heavy atom. The molecular weight excluding hydrogens is 411 g/mol. The third-order valence-corrected chi connectivity index (χ3v) is 4.84. The van der Waals surface area contributed by atoms with Crippen LogP contribution in [0.15, 0.2) is 58.1 Å². The molecule has 0 saturated carbocycles. The van der Waals surface area contributed by atoms with E-state index in [1.54, 1.807) is 31.2 Å². The number of nitrogens with one attached hydrogen (secondary N) is 1. The average Bonchev–Trinajstić information content (AvgIpc) is 2.73. The number of carbonyl (C=O) groups is 1. The van der Waals surface area contributed by atoms with Gasteiger partial charge in [0.15, 0.2) is 0 Å². The van der Waals surface area contributed by atoms with Crippen molar-refractivity contribution in [1.82, 2.24) is 19.7 Å². The molecule has 0 fully saturated rings. The summed E-state index contributed by atoms with van der Waals surface area (Å²) in [6.07, 6.45) is 0.659. The SMILES string of the molecule is CC[C@H](C)NC(=O)c1nn(-c2ccc(Cl)cc2)c(=O)n(Cc2ccc(F)cc2)c1=O. The molecule has 0 aliphatic heterocycles. The fourth-order valence-corrected chi connectivity index (χ4v) is 2.84. The lowest BCUT2D eigenvalue weighted by Gasteiger charge is -2.14. The van der Waals surface area contributed by atoms with Crippen LogP contribution in [0.1, 0.15) is 36.3 Å². The molecule has 0 aliphatic rings. The average molecular weight is 431 g/mol. The van der Waals surface area contributed by atoms with Gasteiger partial charge in [0.25, 0.3) is 11.5 Å². The second kappa shape index (κ2) is 9.04. The first kappa shape index (κ1) is 21.4. The van der Waals surface area contributed by atoms with Crippen molar-refractivity contribution in [2.75, 3.05) is 0 Å². The van der Waals surface area contributed by atoms with Gasteiger partial charge >= 0.3 is 5.69 Å². The van der Waals surface area contributed by atoms with Crippen LogP contribution in [0, 0.1) is 5.82 Å². The largest absolute Gasteiger partial charge is 0.352 e. The van der Waals surface area contributed by atoms with Gasteiger partial charge in [-0.1, -0.05) is 30.7 Å². The second-order valence-corrected chi connectivity index (χ2v) is 7.26. The Labute approximate surface area is 176 Å². The molecule has 1 heterocycles. The van der Waals surface area contributed by atoms with Crippen LogP contribution in [0.3, 0.4) is 0 Å². The zero-order valence-corrected chi connectivity index (χ0v) is 17.2. The number of halogens is 2. The minimum atomic E-state index is -0.824. The summed E-state index contributed by atoms with van der Waals surface area (Å²) in [6.45, 7) is 3.54. The van der Waals surface area contributed by atoms with E-state index < -0.39 is 28.7 Å². The fourth-order valence-electron chi connectivity index (χ4n) is 2.71. The van der Waals surface area contributed by atoms with E-state index in [2.05, 4.69) is 10.4 Å². The van der Waals surface area contributed by atoms with E-state index in [0.29, 0.717) is 22.7 Å². The third kappa shape index (κ3) is 4.65. The van der Waals surface area contributed by atoms with Crippen LogP contribution in [-0.2, 0) is 6.54 Å². The summed E-state index contributed by atoms with van der Waals surface area (Å²) in [5.74, 6) is -1.11. The van der Waals surface area contributed by atoms with Gasteiger partial charge in [-0.2, -0.15) is 9.78 Å². The smallest absolute Gasteiger partial charge is 0.348 e. The van der Waals surface area contributed by atoms with Gasteiger partial charge in [-0.15, -0.1) is 0 Å². The Balaban J connectivity index is 2.17. The molecule has 1 aromatic heterocycles. The molecule has 156 valence electrons. The highest BCUT2D eigenvalue weighted by molar-refractivity contribution is 6.30. The lowest BCUT2D eigenvalue weighted by molar-refractivity contribution is 0.0929. The van der Waals surface area contributed by atoms with E-state index in [4.69, 9.17) is 11.6 Å². The standard InChI is InChI=1S/C21H20ClFN4O3/c1-3-13(2)24-19(28)18-20(29)26(12-14-4-8-16(23)9-5-14)21(30)27(25-18)17-10-6-15(22)7-11-17/h4-11,13H,3,12H2,1-2H3,(H,24,28)/t13-/m0/s1. The van der Waals surface area contributed by atoms with E-state index >= 15 is 0 Å². The number of carbonyl (C=O) groups excluding carboxylic acids is 1. The molecule has 0 radical (unpaired) electrons. The number of amides is 1. The Morgan fingerprint density at radius 3 is 2.37 bits per heavy atom. The summed E-state index contributed by atoms with van der Waals surface area (Å²) in [5.41, 5.74) is -1.10. The van der Waals surface area contributed by atoms with Crippen LogP contribution in [0.4, 0.5) is 4.39 Å². The molecule has 3 aromatic rings. The van der Waals surface area contributed by atoms with Gasteiger partial charge < -0.3 is 5.32 Å². The number of hydrogen-bond donors (Lipinski definition) is 1. The van der Waals surface area contributed by atoms with Gasteiger partial charge in [-0.3, -0.25) is 14.2 Å². The fraction of sp³-hybridized carbons (Fsp3) is 0.238. The maximum Gasteiger partial charge on any atom is 0.352 e. The molecule has 7 nitrogen and oxygen atoms in total. The molecule has 3 rings (SSSR count). The first-order valence-corrected chi connectivity index (χ1v) is 9.73. The van der Waals surface area contributed by atoms with Gasteiger partial charge in [0.1, 0.15) is 5.82 Å². The highest BCUT2D eigenvalue weighted by Crippen LogP contribution is 2.11. The van der Waals surface area contributed by atoms with Crippen LogP contribution < -0.4 is 16.6 Å². The van der Waals surface area contributed by atoms with Crippen LogP contribution in [-0.4, -0.2) is 26.3 Å². The summed E-state index contributed by atoms with van der Waals surface area (Å²) in [7, 11) is 0.